The number of benzene rings is 4. The van der Waals surface area contributed by atoms with Gasteiger partial charge in [0.1, 0.15) is 11.2 Å². The highest BCUT2D eigenvalue weighted by molar-refractivity contribution is 6.62. The summed E-state index contributed by atoms with van der Waals surface area (Å²) in [5.41, 5.74) is 2.79. The lowest BCUT2D eigenvalue weighted by Gasteiger charge is -2.04. The monoisotopic (exact) mass is 326 g/mol. The SMILES string of the molecule is Cc1ccc(B(O)O)c2oc3c(ccc4ccc5ccccc5c43)c12. The number of furan rings is 1. The molecule has 0 atom stereocenters. The first-order chi connectivity index (χ1) is 12.1. The van der Waals surface area contributed by atoms with Crippen molar-refractivity contribution < 1.29 is 14.5 Å². The van der Waals surface area contributed by atoms with Crippen LogP contribution in [0, 0.1) is 6.92 Å². The molecule has 0 fully saturated rings. The Hall–Kier alpha value is -2.82. The highest BCUT2D eigenvalue weighted by atomic mass is 16.4. The smallest absolute Gasteiger partial charge is 0.456 e. The van der Waals surface area contributed by atoms with Gasteiger partial charge in [0.25, 0.3) is 0 Å². The van der Waals surface area contributed by atoms with Crippen LogP contribution in [0.1, 0.15) is 5.56 Å². The fraction of sp³-hybridized carbons (Fsp3) is 0.0476. The Morgan fingerprint density at radius 1 is 0.720 bits per heavy atom. The molecule has 0 bridgehead atoms. The van der Waals surface area contributed by atoms with Crippen LogP contribution in [0.3, 0.4) is 0 Å². The van der Waals surface area contributed by atoms with E-state index in [1.165, 1.54) is 0 Å². The van der Waals surface area contributed by atoms with Crippen LogP contribution in [0.2, 0.25) is 0 Å². The minimum absolute atomic E-state index is 0.394. The molecular weight excluding hydrogens is 311 g/mol. The maximum absolute atomic E-state index is 9.72. The van der Waals surface area contributed by atoms with E-state index in [-0.39, 0.29) is 0 Å². The predicted octanol–water partition coefficient (Wildman–Crippen LogP) is 3.88. The maximum Gasteiger partial charge on any atom is 0.492 e. The van der Waals surface area contributed by atoms with Crippen LogP contribution in [-0.4, -0.2) is 17.2 Å². The summed E-state index contributed by atoms with van der Waals surface area (Å²) in [7, 11) is -1.56. The average molecular weight is 326 g/mol. The predicted molar refractivity (Wildman–Crippen MR) is 103 cm³/mol. The zero-order chi connectivity index (χ0) is 17.1. The molecule has 0 aliphatic carbocycles. The van der Waals surface area contributed by atoms with Crippen LogP contribution >= 0.6 is 0 Å². The van der Waals surface area contributed by atoms with E-state index in [1.54, 1.807) is 6.07 Å². The van der Waals surface area contributed by atoms with Gasteiger partial charge < -0.3 is 14.5 Å². The lowest BCUT2D eigenvalue weighted by molar-refractivity contribution is 0.425. The third kappa shape index (κ3) is 1.95. The fourth-order valence-electron chi connectivity index (χ4n) is 3.81. The topological polar surface area (TPSA) is 53.6 Å². The van der Waals surface area contributed by atoms with Gasteiger partial charge in [-0.3, -0.25) is 0 Å². The summed E-state index contributed by atoms with van der Waals surface area (Å²) in [6.45, 7) is 2.01. The molecule has 0 saturated carbocycles. The Balaban J connectivity index is 2.08. The van der Waals surface area contributed by atoms with Crippen molar-refractivity contribution in [1.82, 2.24) is 0 Å². The van der Waals surface area contributed by atoms with Crippen molar-refractivity contribution >= 4 is 56.1 Å². The average Bonchev–Trinajstić information content (AvgIpc) is 3.01. The molecular formula is C21H15BO3. The summed E-state index contributed by atoms with van der Waals surface area (Å²) in [5.74, 6) is 0. The Kier molecular flexibility index (Phi) is 2.96. The maximum atomic E-state index is 9.72. The summed E-state index contributed by atoms with van der Waals surface area (Å²) < 4.78 is 6.23. The van der Waals surface area contributed by atoms with Crippen LogP contribution in [0.25, 0.3) is 43.5 Å². The van der Waals surface area contributed by atoms with Crippen molar-refractivity contribution in [1.29, 1.82) is 0 Å². The number of fused-ring (bicyclic) bond motifs is 7. The van der Waals surface area contributed by atoms with Gasteiger partial charge in [-0.15, -0.1) is 0 Å². The molecule has 0 saturated heterocycles. The second-order valence-electron chi connectivity index (χ2n) is 6.48. The molecule has 0 aliphatic rings. The van der Waals surface area contributed by atoms with E-state index < -0.39 is 7.12 Å². The highest BCUT2D eigenvalue weighted by Crippen LogP contribution is 2.38. The normalized spacial score (nSPS) is 11.8. The van der Waals surface area contributed by atoms with Gasteiger partial charge in [-0.05, 0) is 34.7 Å². The molecule has 4 aromatic carbocycles. The lowest BCUT2D eigenvalue weighted by atomic mass is 9.78. The molecule has 0 unspecified atom stereocenters. The van der Waals surface area contributed by atoms with Gasteiger partial charge in [0.2, 0.25) is 0 Å². The molecule has 2 N–H and O–H groups in total. The van der Waals surface area contributed by atoms with Crippen molar-refractivity contribution in [2.24, 2.45) is 0 Å². The van der Waals surface area contributed by atoms with Crippen LogP contribution in [-0.2, 0) is 0 Å². The molecule has 3 nitrogen and oxygen atoms in total. The van der Waals surface area contributed by atoms with Crippen molar-refractivity contribution in [3.63, 3.8) is 0 Å². The number of rotatable bonds is 1. The Bertz CT molecular complexity index is 1280. The zero-order valence-corrected chi connectivity index (χ0v) is 13.7. The van der Waals surface area contributed by atoms with Gasteiger partial charge in [0, 0.05) is 21.6 Å². The zero-order valence-electron chi connectivity index (χ0n) is 13.7. The van der Waals surface area contributed by atoms with E-state index in [0.717, 1.165) is 43.5 Å². The molecule has 1 aromatic heterocycles. The van der Waals surface area contributed by atoms with E-state index in [2.05, 4.69) is 36.4 Å². The quantitative estimate of drug-likeness (QED) is 0.363. The van der Waals surface area contributed by atoms with Gasteiger partial charge in [-0.1, -0.05) is 54.6 Å². The van der Waals surface area contributed by atoms with Crippen LogP contribution in [0.15, 0.2) is 65.1 Å². The first kappa shape index (κ1) is 14.5. The Morgan fingerprint density at radius 2 is 1.48 bits per heavy atom. The Labute approximate surface area is 144 Å². The molecule has 25 heavy (non-hydrogen) atoms. The van der Waals surface area contributed by atoms with Gasteiger partial charge in [-0.25, -0.2) is 0 Å². The number of aryl methyl sites for hydroxylation is 1. The summed E-state index contributed by atoms with van der Waals surface area (Å²) >= 11 is 0. The Morgan fingerprint density at radius 3 is 2.32 bits per heavy atom. The molecule has 120 valence electrons. The van der Waals surface area contributed by atoms with Crippen molar-refractivity contribution in [2.75, 3.05) is 0 Å². The molecule has 1 heterocycles. The lowest BCUT2D eigenvalue weighted by Crippen LogP contribution is -2.30. The standard InChI is InChI=1S/C21H15BO3/c1-12-6-11-17(22(23)24)21-18(12)16-10-9-14-8-7-13-4-2-3-5-15(13)19(14)20(16)25-21/h2-11,23-24H,1H3. The first-order valence-corrected chi connectivity index (χ1v) is 8.27. The molecule has 5 aromatic rings. The molecule has 0 radical (unpaired) electrons. The minimum Gasteiger partial charge on any atom is -0.456 e. The third-order valence-electron chi connectivity index (χ3n) is 5.01. The molecule has 0 spiro atoms. The van der Waals surface area contributed by atoms with Gasteiger partial charge in [0.05, 0.1) is 0 Å². The van der Waals surface area contributed by atoms with Crippen molar-refractivity contribution in [3.05, 3.63) is 66.2 Å². The minimum atomic E-state index is -1.56. The van der Waals surface area contributed by atoms with Gasteiger partial charge in [0.15, 0.2) is 0 Å². The first-order valence-electron chi connectivity index (χ1n) is 8.27. The second kappa shape index (κ2) is 5.09. The fourth-order valence-corrected chi connectivity index (χ4v) is 3.81. The largest absolute Gasteiger partial charge is 0.492 e. The van der Waals surface area contributed by atoms with Crippen LogP contribution in [0.5, 0.6) is 0 Å². The van der Waals surface area contributed by atoms with E-state index in [4.69, 9.17) is 4.42 Å². The van der Waals surface area contributed by atoms with Crippen molar-refractivity contribution in [3.8, 4) is 0 Å². The highest BCUT2D eigenvalue weighted by Gasteiger charge is 2.21. The molecule has 0 aliphatic heterocycles. The van der Waals surface area contributed by atoms with E-state index in [0.29, 0.717) is 11.0 Å². The van der Waals surface area contributed by atoms with Crippen molar-refractivity contribution in [2.45, 2.75) is 6.92 Å². The summed E-state index contributed by atoms with van der Waals surface area (Å²) in [5, 5.41) is 25.8. The summed E-state index contributed by atoms with van der Waals surface area (Å²) in [6, 6.07) is 20.2. The number of hydrogen-bond acceptors (Lipinski definition) is 3. The summed E-state index contributed by atoms with van der Waals surface area (Å²) in [6.07, 6.45) is 0. The van der Waals surface area contributed by atoms with Crippen LogP contribution in [0.4, 0.5) is 0 Å². The summed E-state index contributed by atoms with van der Waals surface area (Å²) in [4.78, 5) is 0. The molecule has 0 amide bonds. The van der Waals surface area contributed by atoms with E-state index in [9.17, 15) is 10.0 Å². The van der Waals surface area contributed by atoms with Gasteiger partial charge in [-0.2, -0.15) is 0 Å². The molecule has 4 heteroatoms. The van der Waals surface area contributed by atoms with E-state index in [1.807, 2.05) is 25.1 Å². The van der Waals surface area contributed by atoms with Gasteiger partial charge >= 0.3 is 7.12 Å². The van der Waals surface area contributed by atoms with E-state index >= 15 is 0 Å². The second-order valence-corrected chi connectivity index (χ2v) is 6.48. The third-order valence-corrected chi connectivity index (χ3v) is 5.01. The number of hydrogen-bond donors (Lipinski definition) is 2. The molecule has 5 rings (SSSR count). The van der Waals surface area contributed by atoms with Crippen LogP contribution < -0.4 is 5.46 Å².